The lowest BCUT2D eigenvalue weighted by Crippen LogP contribution is -2.22. The molecular formula is C20H16F3NO3S. The zero-order valence-corrected chi connectivity index (χ0v) is 15.3. The Morgan fingerprint density at radius 2 is 2.00 bits per heavy atom. The first-order valence-corrected chi connectivity index (χ1v) is 9.18. The van der Waals surface area contributed by atoms with Gasteiger partial charge in [-0.25, -0.2) is 0 Å². The first-order chi connectivity index (χ1) is 13.4. The van der Waals surface area contributed by atoms with Crippen molar-refractivity contribution in [1.82, 2.24) is 4.98 Å². The standard InChI is InChI=1S/C20H16F3NO3S/c21-20(22,23)15-6-1-4-13(10-15)12-27-19(26)17(16-7-3-9-28-16)18(25)14-5-2-8-24-11-14/h1-11,17-18,25H,12H2/t17-,18+/m1/s1. The lowest BCUT2D eigenvalue weighted by molar-refractivity contribution is -0.149. The molecule has 0 saturated heterocycles. The van der Waals surface area contributed by atoms with Crippen molar-refractivity contribution in [3.8, 4) is 0 Å². The van der Waals surface area contributed by atoms with Crippen LogP contribution >= 0.6 is 11.3 Å². The normalized spacial score (nSPS) is 13.7. The van der Waals surface area contributed by atoms with Gasteiger partial charge in [0, 0.05) is 22.8 Å². The van der Waals surface area contributed by atoms with Crippen LogP contribution in [0.15, 0.2) is 66.3 Å². The van der Waals surface area contributed by atoms with E-state index >= 15 is 0 Å². The molecule has 28 heavy (non-hydrogen) atoms. The lowest BCUT2D eigenvalue weighted by Gasteiger charge is -2.21. The minimum absolute atomic E-state index is 0.212. The first-order valence-electron chi connectivity index (χ1n) is 8.30. The van der Waals surface area contributed by atoms with Crippen LogP contribution < -0.4 is 0 Å². The highest BCUT2D eigenvalue weighted by molar-refractivity contribution is 7.10. The molecule has 1 aromatic carbocycles. The third kappa shape index (κ3) is 4.76. The zero-order chi connectivity index (χ0) is 20.1. The van der Waals surface area contributed by atoms with Crippen LogP contribution in [-0.2, 0) is 22.3 Å². The van der Waals surface area contributed by atoms with Crippen molar-refractivity contribution >= 4 is 17.3 Å². The summed E-state index contributed by atoms with van der Waals surface area (Å²) in [5.74, 6) is -1.73. The number of esters is 1. The number of ether oxygens (including phenoxy) is 1. The van der Waals surface area contributed by atoms with E-state index in [0.29, 0.717) is 10.4 Å². The Balaban J connectivity index is 1.77. The average molecular weight is 407 g/mol. The predicted molar refractivity (Wildman–Crippen MR) is 97.5 cm³/mol. The monoisotopic (exact) mass is 407 g/mol. The molecule has 2 heterocycles. The minimum Gasteiger partial charge on any atom is -0.460 e. The van der Waals surface area contributed by atoms with E-state index in [4.69, 9.17) is 4.74 Å². The molecule has 0 spiro atoms. The van der Waals surface area contributed by atoms with Crippen molar-refractivity contribution in [3.63, 3.8) is 0 Å². The number of carbonyl (C=O) groups excluding carboxylic acids is 1. The van der Waals surface area contributed by atoms with Gasteiger partial charge >= 0.3 is 12.1 Å². The maximum absolute atomic E-state index is 12.8. The van der Waals surface area contributed by atoms with E-state index in [1.165, 1.54) is 29.7 Å². The number of aliphatic hydroxyl groups is 1. The van der Waals surface area contributed by atoms with Crippen molar-refractivity contribution < 1.29 is 27.8 Å². The van der Waals surface area contributed by atoms with Crippen LogP contribution in [0.2, 0.25) is 0 Å². The van der Waals surface area contributed by atoms with Gasteiger partial charge in [-0.2, -0.15) is 13.2 Å². The molecule has 2 atom stereocenters. The lowest BCUT2D eigenvalue weighted by atomic mass is 9.95. The topological polar surface area (TPSA) is 59.4 Å². The summed E-state index contributed by atoms with van der Waals surface area (Å²) < 4.78 is 43.7. The fourth-order valence-corrected chi connectivity index (χ4v) is 3.54. The van der Waals surface area contributed by atoms with E-state index in [2.05, 4.69) is 4.98 Å². The molecular weight excluding hydrogens is 391 g/mol. The number of alkyl halides is 3. The summed E-state index contributed by atoms with van der Waals surface area (Å²) in [6, 6.07) is 11.3. The molecule has 0 aliphatic heterocycles. The molecule has 3 aromatic rings. The number of aliphatic hydroxyl groups excluding tert-OH is 1. The van der Waals surface area contributed by atoms with Crippen LogP contribution in [0.1, 0.15) is 33.6 Å². The maximum Gasteiger partial charge on any atom is 0.416 e. The Hall–Kier alpha value is -2.71. The summed E-state index contributed by atoms with van der Waals surface area (Å²) in [5, 5.41) is 12.4. The number of thiophene rings is 1. The third-order valence-electron chi connectivity index (χ3n) is 4.08. The van der Waals surface area contributed by atoms with Crippen molar-refractivity contribution in [2.24, 2.45) is 0 Å². The summed E-state index contributed by atoms with van der Waals surface area (Å²) >= 11 is 1.28. The summed E-state index contributed by atoms with van der Waals surface area (Å²) in [6.07, 6.45) is -2.68. The van der Waals surface area contributed by atoms with Crippen molar-refractivity contribution in [1.29, 1.82) is 0 Å². The van der Waals surface area contributed by atoms with Gasteiger partial charge in [0.2, 0.25) is 0 Å². The second-order valence-corrected chi connectivity index (χ2v) is 7.01. The van der Waals surface area contributed by atoms with Gasteiger partial charge in [-0.15, -0.1) is 11.3 Å². The zero-order valence-electron chi connectivity index (χ0n) is 14.5. The van der Waals surface area contributed by atoms with Crippen LogP contribution in [-0.4, -0.2) is 16.1 Å². The van der Waals surface area contributed by atoms with Crippen LogP contribution in [0.4, 0.5) is 13.2 Å². The van der Waals surface area contributed by atoms with E-state index in [1.807, 2.05) is 0 Å². The van der Waals surface area contributed by atoms with Gasteiger partial charge in [0.05, 0.1) is 11.7 Å². The molecule has 3 rings (SSSR count). The molecule has 4 nitrogen and oxygen atoms in total. The molecule has 0 aliphatic rings. The molecule has 8 heteroatoms. The number of rotatable bonds is 6. The Kier molecular flexibility index (Phi) is 6.11. The molecule has 0 amide bonds. The van der Waals surface area contributed by atoms with E-state index < -0.39 is 29.7 Å². The van der Waals surface area contributed by atoms with E-state index in [9.17, 15) is 23.1 Å². The highest BCUT2D eigenvalue weighted by Gasteiger charge is 2.33. The fraction of sp³-hybridized carbons (Fsp3) is 0.200. The number of carbonyl (C=O) groups is 1. The number of nitrogens with zero attached hydrogens (tertiary/aromatic N) is 1. The number of pyridine rings is 1. The quantitative estimate of drug-likeness (QED) is 0.601. The molecule has 0 saturated carbocycles. The van der Waals surface area contributed by atoms with Crippen LogP contribution in [0.5, 0.6) is 0 Å². The van der Waals surface area contributed by atoms with E-state index in [1.54, 1.807) is 35.8 Å². The Labute approximate surface area is 163 Å². The minimum atomic E-state index is -4.48. The Morgan fingerprint density at radius 1 is 1.18 bits per heavy atom. The highest BCUT2D eigenvalue weighted by atomic mass is 32.1. The van der Waals surface area contributed by atoms with Gasteiger partial charge < -0.3 is 9.84 Å². The summed E-state index contributed by atoms with van der Waals surface area (Å²) in [7, 11) is 0. The predicted octanol–water partition coefficient (Wildman–Crippen LogP) is 4.72. The molecule has 0 unspecified atom stereocenters. The van der Waals surface area contributed by atoms with Gasteiger partial charge in [0.15, 0.2) is 0 Å². The highest BCUT2D eigenvalue weighted by Crippen LogP contribution is 2.35. The Bertz CT molecular complexity index is 914. The van der Waals surface area contributed by atoms with Gasteiger partial charge in [0.25, 0.3) is 0 Å². The molecule has 2 aromatic heterocycles. The van der Waals surface area contributed by atoms with Crippen LogP contribution in [0.3, 0.4) is 0 Å². The van der Waals surface area contributed by atoms with Crippen molar-refractivity contribution in [3.05, 3.63) is 87.9 Å². The largest absolute Gasteiger partial charge is 0.460 e. The van der Waals surface area contributed by atoms with Gasteiger partial charge in [-0.05, 0) is 35.2 Å². The van der Waals surface area contributed by atoms with E-state index in [0.717, 1.165) is 12.1 Å². The number of benzene rings is 1. The van der Waals surface area contributed by atoms with Gasteiger partial charge in [0.1, 0.15) is 12.5 Å². The third-order valence-corrected chi connectivity index (χ3v) is 5.04. The van der Waals surface area contributed by atoms with Crippen LogP contribution in [0, 0.1) is 0 Å². The molecule has 1 N–H and O–H groups in total. The molecule has 146 valence electrons. The fourth-order valence-electron chi connectivity index (χ4n) is 2.69. The van der Waals surface area contributed by atoms with E-state index in [-0.39, 0.29) is 12.2 Å². The average Bonchev–Trinajstić information content (AvgIpc) is 3.21. The van der Waals surface area contributed by atoms with Gasteiger partial charge in [-0.1, -0.05) is 24.3 Å². The Morgan fingerprint density at radius 3 is 2.64 bits per heavy atom. The molecule has 0 radical (unpaired) electrons. The summed E-state index contributed by atoms with van der Waals surface area (Å²) in [4.78, 5) is 17.2. The van der Waals surface area contributed by atoms with Crippen molar-refractivity contribution in [2.45, 2.75) is 24.8 Å². The molecule has 0 fully saturated rings. The number of hydrogen-bond donors (Lipinski definition) is 1. The smallest absolute Gasteiger partial charge is 0.416 e. The summed E-state index contributed by atoms with van der Waals surface area (Å²) in [6.45, 7) is -0.329. The second kappa shape index (κ2) is 8.53. The second-order valence-electron chi connectivity index (χ2n) is 6.03. The first kappa shape index (κ1) is 20.0. The number of aromatic nitrogens is 1. The maximum atomic E-state index is 12.8. The SMILES string of the molecule is O=C(OCc1cccc(C(F)(F)F)c1)[C@H](c1cccs1)[C@@H](O)c1cccnc1. The summed E-state index contributed by atoms with van der Waals surface area (Å²) in [5.41, 5.74) is -0.160. The van der Waals surface area contributed by atoms with Gasteiger partial charge in [-0.3, -0.25) is 9.78 Å². The number of halogens is 3. The number of hydrogen-bond acceptors (Lipinski definition) is 5. The van der Waals surface area contributed by atoms with Crippen LogP contribution in [0.25, 0.3) is 0 Å². The molecule has 0 bridgehead atoms. The molecule has 0 aliphatic carbocycles. The van der Waals surface area contributed by atoms with Crippen molar-refractivity contribution in [2.75, 3.05) is 0 Å².